The van der Waals surface area contributed by atoms with E-state index in [1.807, 2.05) is 24.3 Å². The van der Waals surface area contributed by atoms with Crippen LogP contribution < -0.4 is 0 Å². The van der Waals surface area contributed by atoms with Gasteiger partial charge in [0.2, 0.25) is 0 Å². The molecule has 0 amide bonds. The van der Waals surface area contributed by atoms with Gasteiger partial charge in [-0.3, -0.25) is 0 Å². The molecule has 0 saturated heterocycles. The quantitative estimate of drug-likeness (QED) is 0.746. The summed E-state index contributed by atoms with van der Waals surface area (Å²) in [6, 6.07) is 18.2. The minimum Gasteiger partial charge on any atom is -0.197 e. The summed E-state index contributed by atoms with van der Waals surface area (Å²) >= 11 is 1.65. The van der Waals surface area contributed by atoms with Crippen LogP contribution in [0.5, 0.6) is 0 Å². The summed E-state index contributed by atoms with van der Waals surface area (Å²) in [7, 11) is 0. The van der Waals surface area contributed by atoms with Crippen LogP contribution >= 0.6 is 11.8 Å². The van der Waals surface area contributed by atoms with Crippen LogP contribution in [-0.4, -0.2) is 15.4 Å². The third-order valence-electron chi connectivity index (χ3n) is 3.08. The molecule has 2 aromatic carbocycles. The Hall–Kier alpha value is -2.58. The molecule has 0 unspecified atom stereocenters. The minimum atomic E-state index is 0.680. The van der Waals surface area contributed by atoms with Gasteiger partial charge in [-0.2, -0.15) is 15.6 Å². The first-order valence-electron chi connectivity index (χ1n) is 6.43. The molecule has 0 aliphatic rings. The largest absolute Gasteiger partial charge is 0.197 e. The van der Waals surface area contributed by atoms with Gasteiger partial charge in [0.05, 0.1) is 17.8 Å². The summed E-state index contributed by atoms with van der Waals surface area (Å²) in [5.41, 5.74) is 4.18. The van der Waals surface area contributed by atoms with Crippen molar-refractivity contribution in [3.8, 4) is 17.2 Å². The fourth-order valence-corrected chi connectivity index (χ4v) is 2.69. The molecule has 0 spiro atoms. The Kier molecular flexibility index (Phi) is 3.99. The number of nitriles is 1. The van der Waals surface area contributed by atoms with E-state index in [2.05, 4.69) is 45.7 Å². The molecule has 0 atom stereocenters. The Morgan fingerprint density at radius 3 is 2.24 bits per heavy atom. The molecule has 3 rings (SSSR count). The number of nitrogens with zero attached hydrogens (tertiary/aromatic N) is 3. The second kappa shape index (κ2) is 6.25. The molecular formula is C16H12N4S. The van der Waals surface area contributed by atoms with Gasteiger partial charge < -0.3 is 0 Å². The van der Waals surface area contributed by atoms with E-state index in [1.165, 1.54) is 5.56 Å². The predicted octanol–water partition coefficient (Wildman–Crippen LogP) is 3.64. The number of aromatic amines is 1. The third-order valence-corrected chi connectivity index (χ3v) is 4.05. The second-order valence-electron chi connectivity index (χ2n) is 4.48. The third kappa shape index (κ3) is 3.30. The minimum absolute atomic E-state index is 0.680. The summed E-state index contributed by atoms with van der Waals surface area (Å²) in [5.74, 6) is 0.861. The lowest BCUT2D eigenvalue weighted by Gasteiger charge is -2.04. The van der Waals surface area contributed by atoms with Crippen LogP contribution in [0.15, 0.2) is 59.8 Å². The number of rotatable bonds is 4. The van der Waals surface area contributed by atoms with Gasteiger partial charge in [0, 0.05) is 5.75 Å². The zero-order valence-electron chi connectivity index (χ0n) is 11.2. The van der Waals surface area contributed by atoms with Crippen molar-refractivity contribution in [1.29, 1.82) is 5.26 Å². The van der Waals surface area contributed by atoms with Gasteiger partial charge in [0.1, 0.15) is 5.03 Å². The van der Waals surface area contributed by atoms with Crippen LogP contribution in [0, 0.1) is 11.3 Å². The Bertz CT molecular complexity index is 740. The highest BCUT2D eigenvalue weighted by Gasteiger charge is 2.01. The first-order valence-corrected chi connectivity index (χ1v) is 7.42. The fraction of sp³-hybridized carbons (Fsp3) is 0.0625. The van der Waals surface area contributed by atoms with Crippen LogP contribution in [0.3, 0.4) is 0 Å². The van der Waals surface area contributed by atoms with E-state index in [4.69, 9.17) is 5.26 Å². The summed E-state index contributed by atoms with van der Waals surface area (Å²) in [5, 5.41) is 20.1. The van der Waals surface area contributed by atoms with Crippen LogP contribution in [0.25, 0.3) is 11.1 Å². The standard InChI is InChI=1S/C16H12N4S/c17-9-12-1-5-14(6-2-12)15-7-3-13(4-8-15)11-21-16-10-18-20-19-16/h1-8,10H,11H2,(H,18,19,20). The van der Waals surface area contributed by atoms with Crippen molar-refractivity contribution in [1.82, 2.24) is 15.4 Å². The van der Waals surface area contributed by atoms with Crippen molar-refractivity contribution in [2.24, 2.45) is 0 Å². The number of hydrogen-bond acceptors (Lipinski definition) is 4. The lowest BCUT2D eigenvalue weighted by Crippen LogP contribution is -1.83. The van der Waals surface area contributed by atoms with Crippen molar-refractivity contribution < 1.29 is 0 Å². The van der Waals surface area contributed by atoms with Crippen molar-refractivity contribution >= 4 is 11.8 Å². The van der Waals surface area contributed by atoms with E-state index in [0.717, 1.165) is 21.9 Å². The summed E-state index contributed by atoms with van der Waals surface area (Å²) in [4.78, 5) is 0. The average molecular weight is 292 g/mol. The van der Waals surface area contributed by atoms with Crippen LogP contribution in [-0.2, 0) is 5.75 Å². The smallest absolute Gasteiger partial charge is 0.139 e. The molecule has 3 aromatic rings. The van der Waals surface area contributed by atoms with Crippen molar-refractivity contribution in [2.75, 3.05) is 0 Å². The average Bonchev–Trinajstić information content (AvgIpc) is 3.07. The van der Waals surface area contributed by atoms with E-state index in [1.54, 1.807) is 18.0 Å². The number of nitrogens with one attached hydrogen (secondary N) is 1. The first-order chi connectivity index (χ1) is 10.3. The lowest BCUT2D eigenvalue weighted by molar-refractivity contribution is 0.911. The van der Waals surface area contributed by atoms with Crippen molar-refractivity contribution in [3.63, 3.8) is 0 Å². The molecule has 4 nitrogen and oxygen atoms in total. The maximum atomic E-state index is 8.81. The highest BCUT2D eigenvalue weighted by atomic mass is 32.2. The van der Waals surface area contributed by atoms with Crippen LogP contribution in [0.4, 0.5) is 0 Å². The maximum absolute atomic E-state index is 8.81. The van der Waals surface area contributed by atoms with Crippen molar-refractivity contribution in [3.05, 3.63) is 65.9 Å². The topological polar surface area (TPSA) is 65.4 Å². The van der Waals surface area contributed by atoms with Gasteiger partial charge in [-0.05, 0) is 28.8 Å². The SMILES string of the molecule is N#Cc1ccc(-c2ccc(CSc3cn[nH]n3)cc2)cc1. The molecular weight excluding hydrogens is 280 g/mol. The number of aromatic nitrogens is 3. The maximum Gasteiger partial charge on any atom is 0.139 e. The van der Waals surface area contributed by atoms with Gasteiger partial charge in [-0.15, -0.1) is 5.10 Å². The summed E-state index contributed by atoms with van der Waals surface area (Å²) in [6.45, 7) is 0. The molecule has 102 valence electrons. The zero-order valence-corrected chi connectivity index (χ0v) is 12.0. The van der Waals surface area contributed by atoms with E-state index in [-0.39, 0.29) is 0 Å². The summed E-state index contributed by atoms with van der Waals surface area (Å²) < 4.78 is 0. The molecule has 1 aromatic heterocycles. The van der Waals surface area contributed by atoms with Gasteiger partial charge in [0.15, 0.2) is 0 Å². The lowest BCUT2D eigenvalue weighted by atomic mass is 10.0. The predicted molar refractivity (Wildman–Crippen MR) is 82.5 cm³/mol. The first kappa shape index (κ1) is 13.4. The molecule has 0 saturated carbocycles. The van der Waals surface area contributed by atoms with E-state index in [0.29, 0.717) is 5.56 Å². The highest BCUT2D eigenvalue weighted by Crippen LogP contribution is 2.23. The Balaban J connectivity index is 1.69. The zero-order chi connectivity index (χ0) is 14.5. The second-order valence-corrected chi connectivity index (χ2v) is 5.48. The Morgan fingerprint density at radius 1 is 1.00 bits per heavy atom. The number of H-pyrrole nitrogens is 1. The molecule has 0 fully saturated rings. The molecule has 21 heavy (non-hydrogen) atoms. The summed E-state index contributed by atoms with van der Waals surface area (Å²) in [6.07, 6.45) is 1.72. The van der Waals surface area contributed by atoms with Crippen LogP contribution in [0.2, 0.25) is 0 Å². The van der Waals surface area contributed by atoms with Gasteiger partial charge in [0.25, 0.3) is 0 Å². The number of benzene rings is 2. The normalized spacial score (nSPS) is 10.2. The Labute approximate surface area is 126 Å². The number of hydrogen-bond donors (Lipinski definition) is 1. The van der Waals surface area contributed by atoms with Crippen molar-refractivity contribution in [2.45, 2.75) is 10.8 Å². The molecule has 1 N–H and O–H groups in total. The number of thioether (sulfide) groups is 1. The van der Waals surface area contributed by atoms with Gasteiger partial charge >= 0.3 is 0 Å². The molecule has 0 aliphatic heterocycles. The molecule has 5 heteroatoms. The monoisotopic (exact) mass is 292 g/mol. The highest BCUT2D eigenvalue weighted by molar-refractivity contribution is 7.98. The molecule has 0 bridgehead atoms. The van der Waals surface area contributed by atoms with E-state index >= 15 is 0 Å². The van der Waals surface area contributed by atoms with Gasteiger partial charge in [-0.1, -0.05) is 48.2 Å². The van der Waals surface area contributed by atoms with Gasteiger partial charge in [-0.25, -0.2) is 0 Å². The molecule has 0 radical (unpaired) electrons. The van der Waals surface area contributed by atoms with E-state index < -0.39 is 0 Å². The molecule has 1 heterocycles. The molecule has 0 aliphatic carbocycles. The van der Waals surface area contributed by atoms with Crippen LogP contribution in [0.1, 0.15) is 11.1 Å². The Morgan fingerprint density at radius 2 is 1.67 bits per heavy atom. The van der Waals surface area contributed by atoms with E-state index in [9.17, 15) is 0 Å². The fourth-order valence-electron chi connectivity index (χ4n) is 1.95.